The molecule has 0 spiro atoms. The van der Waals surface area contributed by atoms with Gasteiger partial charge in [0, 0.05) is 29.5 Å². The van der Waals surface area contributed by atoms with Crippen LogP contribution in [0.5, 0.6) is 0 Å². The van der Waals surface area contributed by atoms with Gasteiger partial charge in [-0.2, -0.15) is 0 Å². The first-order chi connectivity index (χ1) is 9.99. The van der Waals surface area contributed by atoms with Crippen LogP contribution in [0.4, 0.5) is 5.69 Å². The lowest BCUT2D eigenvalue weighted by atomic mass is 10.3. The number of nitrogens with one attached hydrogen (secondary N) is 1. The third kappa shape index (κ3) is 3.07. The van der Waals surface area contributed by atoms with Crippen molar-refractivity contribution in [1.29, 1.82) is 0 Å². The Bertz CT molecular complexity index is 766. The van der Waals surface area contributed by atoms with Gasteiger partial charge in [-0.1, -0.05) is 17.7 Å². The largest absolute Gasteiger partial charge is 0.346 e. The molecule has 1 fully saturated rings. The Kier molecular flexibility index (Phi) is 3.69. The summed E-state index contributed by atoms with van der Waals surface area (Å²) >= 11 is 5.87. The standard InChI is InChI=1S/C14H16ClN3O2S/c15-10-2-1-3-11(6-10)17-21(19,20)14-7-13(8-16)18(9-14)12-4-5-12/h1-3,6-7,9,12,17H,4-5,8,16H2. The second kappa shape index (κ2) is 5.36. The van der Waals surface area contributed by atoms with Crippen molar-refractivity contribution >= 4 is 27.3 Å². The van der Waals surface area contributed by atoms with Crippen molar-refractivity contribution in [2.24, 2.45) is 5.73 Å². The summed E-state index contributed by atoms with van der Waals surface area (Å²) in [6.07, 6.45) is 3.80. The molecule has 1 heterocycles. The van der Waals surface area contributed by atoms with Crippen LogP contribution in [-0.2, 0) is 16.6 Å². The van der Waals surface area contributed by atoms with Crippen LogP contribution in [0.1, 0.15) is 24.6 Å². The highest BCUT2D eigenvalue weighted by atomic mass is 35.5. The fourth-order valence-corrected chi connectivity index (χ4v) is 3.55. The van der Waals surface area contributed by atoms with E-state index < -0.39 is 10.0 Å². The van der Waals surface area contributed by atoms with E-state index in [9.17, 15) is 8.42 Å². The third-order valence-corrected chi connectivity index (χ3v) is 5.03. The van der Waals surface area contributed by atoms with Crippen LogP contribution in [0.2, 0.25) is 5.02 Å². The molecule has 0 bridgehead atoms. The Morgan fingerprint density at radius 1 is 1.33 bits per heavy atom. The minimum atomic E-state index is -3.63. The third-order valence-electron chi connectivity index (χ3n) is 3.44. The van der Waals surface area contributed by atoms with Gasteiger partial charge in [0.1, 0.15) is 4.90 Å². The number of nitrogens with zero attached hydrogens (tertiary/aromatic N) is 1. The number of hydrogen-bond donors (Lipinski definition) is 2. The van der Waals surface area contributed by atoms with Gasteiger partial charge >= 0.3 is 0 Å². The molecule has 1 aliphatic rings. The van der Waals surface area contributed by atoms with E-state index in [1.54, 1.807) is 36.5 Å². The number of nitrogens with two attached hydrogens (primary N) is 1. The van der Waals surface area contributed by atoms with E-state index in [0.717, 1.165) is 18.5 Å². The summed E-state index contributed by atoms with van der Waals surface area (Å²) in [5.74, 6) is 0. The molecule has 5 nitrogen and oxygen atoms in total. The first kappa shape index (κ1) is 14.4. The van der Waals surface area contributed by atoms with Gasteiger partial charge < -0.3 is 10.3 Å². The van der Waals surface area contributed by atoms with Crippen molar-refractivity contribution in [1.82, 2.24) is 4.57 Å². The fourth-order valence-electron chi connectivity index (χ4n) is 2.27. The molecule has 0 saturated heterocycles. The molecule has 1 saturated carbocycles. The summed E-state index contributed by atoms with van der Waals surface area (Å²) in [6, 6.07) is 8.63. The minimum absolute atomic E-state index is 0.231. The summed E-state index contributed by atoms with van der Waals surface area (Å²) in [4.78, 5) is 0.231. The van der Waals surface area contributed by atoms with Crippen LogP contribution < -0.4 is 10.5 Å². The summed E-state index contributed by atoms with van der Waals surface area (Å²) in [6.45, 7) is 0.323. The number of anilines is 1. The molecule has 7 heteroatoms. The van der Waals surface area contributed by atoms with E-state index in [1.165, 1.54) is 0 Å². The van der Waals surface area contributed by atoms with Crippen LogP contribution in [0.25, 0.3) is 0 Å². The Morgan fingerprint density at radius 2 is 2.10 bits per heavy atom. The van der Waals surface area contributed by atoms with E-state index >= 15 is 0 Å². The Labute approximate surface area is 128 Å². The van der Waals surface area contributed by atoms with Crippen LogP contribution >= 0.6 is 11.6 Å². The Hall–Kier alpha value is -1.50. The predicted octanol–water partition coefficient (Wildman–Crippen LogP) is 2.74. The van der Waals surface area contributed by atoms with E-state index in [0.29, 0.717) is 23.3 Å². The molecule has 0 amide bonds. The lowest BCUT2D eigenvalue weighted by molar-refractivity contribution is 0.600. The molecule has 21 heavy (non-hydrogen) atoms. The van der Waals surface area contributed by atoms with Gasteiger partial charge in [0.15, 0.2) is 0 Å². The highest BCUT2D eigenvalue weighted by Crippen LogP contribution is 2.37. The monoisotopic (exact) mass is 325 g/mol. The van der Waals surface area contributed by atoms with E-state index in [4.69, 9.17) is 17.3 Å². The number of benzene rings is 1. The predicted molar refractivity (Wildman–Crippen MR) is 82.9 cm³/mol. The van der Waals surface area contributed by atoms with E-state index in [2.05, 4.69) is 4.72 Å². The number of sulfonamides is 1. The highest BCUT2D eigenvalue weighted by molar-refractivity contribution is 7.92. The van der Waals surface area contributed by atoms with Crippen LogP contribution in [0.15, 0.2) is 41.4 Å². The SMILES string of the molecule is NCc1cc(S(=O)(=O)Nc2cccc(Cl)c2)cn1C1CC1. The molecule has 1 aromatic heterocycles. The maximum absolute atomic E-state index is 12.4. The quantitative estimate of drug-likeness (QED) is 0.887. The molecule has 0 aliphatic heterocycles. The van der Waals surface area contributed by atoms with Crippen LogP contribution in [0.3, 0.4) is 0 Å². The van der Waals surface area contributed by atoms with Crippen molar-refractivity contribution in [3.8, 4) is 0 Å². The normalized spacial score (nSPS) is 15.1. The zero-order chi connectivity index (χ0) is 15.0. The lowest BCUT2D eigenvalue weighted by Crippen LogP contribution is -2.12. The van der Waals surface area contributed by atoms with E-state index in [1.807, 2.05) is 4.57 Å². The number of halogens is 1. The molecule has 1 aliphatic carbocycles. The smallest absolute Gasteiger partial charge is 0.263 e. The maximum Gasteiger partial charge on any atom is 0.263 e. The van der Waals surface area contributed by atoms with Gasteiger partial charge in [0.25, 0.3) is 10.0 Å². The Balaban J connectivity index is 1.91. The zero-order valence-electron chi connectivity index (χ0n) is 11.3. The molecule has 0 atom stereocenters. The molecule has 3 N–H and O–H groups in total. The van der Waals surface area contributed by atoms with Crippen molar-refractivity contribution in [2.75, 3.05) is 4.72 Å². The van der Waals surface area contributed by atoms with Crippen molar-refractivity contribution in [2.45, 2.75) is 30.3 Å². The summed E-state index contributed by atoms with van der Waals surface area (Å²) < 4.78 is 29.4. The van der Waals surface area contributed by atoms with Gasteiger partial charge in [-0.25, -0.2) is 8.42 Å². The van der Waals surface area contributed by atoms with Gasteiger partial charge in [-0.3, -0.25) is 4.72 Å². The lowest BCUT2D eigenvalue weighted by Gasteiger charge is -2.06. The maximum atomic E-state index is 12.4. The first-order valence-electron chi connectivity index (χ1n) is 6.69. The van der Waals surface area contributed by atoms with Gasteiger partial charge in [0.05, 0.1) is 5.69 Å². The minimum Gasteiger partial charge on any atom is -0.346 e. The molecule has 3 rings (SSSR count). The molecular weight excluding hydrogens is 310 g/mol. The molecular formula is C14H16ClN3O2S. The van der Waals surface area contributed by atoms with Crippen molar-refractivity contribution in [3.63, 3.8) is 0 Å². The number of aromatic nitrogens is 1. The average Bonchev–Trinajstić information content (AvgIpc) is 3.16. The summed E-state index contributed by atoms with van der Waals surface area (Å²) in [5.41, 5.74) is 6.97. The highest BCUT2D eigenvalue weighted by Gasteiger charge is 2.27. The van der Waals surface area contributed by atoms with Crippen molar-refractivity contribution in [3.05, 3.63) is 47.2 Å². The van der Waals surface area contributed by atoms with Crippen molar-refractivity contribution < 1.29 is 8.42 Å². The van der Waals surface area contributed by atoms with Crippen LogP contribution in [0, 0.1) is 0 Å². The molecule has 0 radical (unpaired) electrons. The van der Waals surface area contributed by atoms with Gasteiger partial charge in [-0.05, 0) is 37.1 Å². The zero-order valence-corrected chi connectivity index (χ0v) is 12.9. The molecule has 2 aromatic rings. The van der Waals surface area contributed by atoms with Gasteiger partial charge in [-0.15, -0.1) is 0 Å². The summed E-state index contributed by atoms with van der Waals surface area (Å²) in [5, 5.41) is 0.480. The van der Waals surface area contributed by atoms with E-state index in [-0.39, 0.29) is 4.90 Å². The molecule has 0 unspecified atom stereocenters. The first-order valence-corrected chi connectivity index (χ1v) is 8.55. The van der Waals surface area contributed by atoms with Crippen LogP contribution in [-0.4, -0.2) is 13.0 Å². The van der Waals surface area contributed by atoms with Gasteiger partial charge in [0.2, 0.25) is 0 Å². The topological polar surface area (TPSA) is 77.1 Å². The Morgan fingerprint density at radius 3 is 2.71 bits per heavy atom. The second-order valence-corrected chi connectivity index (χ2v) is 7.24. The average molecular weight is 326 g/mol. The summed E-state index contributed by atoms with van der Waals surface area (Å²) in [7, 11) is -3.63. The number of hydrogen-bond acceptors (Lipinski definition) is 3. The number of rotatable bonds is 5. The second-order valence-electron chi connectivity index (χ2n) is 5.13. The fraction of sp³-hybridized carbons (Fsp3) is 0.286. The molecule has 112 valence electrons. The molecule has 1 aromatic carbocycles.